The molecule has 0 radical (unpaired) electrons. The third kappa shape index (κ3) is 6.16. The molecule has 7 nitrogen and oxygen atoms in total. The Morgan fingerprint density at radius 1 is 1.21 bits per heavy atom. The second-order valence-corrected chi connectivity index (χ2v) is 8.49. The van der Waals surface area contributed by atoms with Crippen LogP contribution in [0.25, 0.3) is 0 Å². The van der Waals surface area contributed by atoms with Crippen molar-refractivity contribution in [2.45, 2.75) is 30.4 Å². The fourth-order valence-electron chi connectivity index (χ4n) is 2.45. The zero-order valence-corrected chi connectivity index (χ0v) is 18.1. The highest BCUT2D eigenvalue weighted by atomic mass is 32.2. The fourth-order valence-corrected chi connectivity index (χ4v) is 4.16. The van der Waals surface area contributed by atoms with E-state index in [2.05, 4.69) is 27.4 Å². The second-order valence-electron chi connectivity index (χ2n) is 6.09. The van der Waals surface area contributed by atoms with Gasteiger partial charge in [-0.05, 0) is 31.0 Å². The lowest BCUT2D eigenvalue weighted by molar-refractivity contribution is -0.118. The number of pyridine rings is 1. The van der Waals surface area contributed by atoms with Crippen molar-refractivity contribution in [2.75, 3.05) is 19.0 Å². The SMILES string of the molecule is CCc1ccc(NC(=O)COc2cc(CSc3nnc(C)s3)ncc2OC)cc1. The van der Waals surface area contributed by atoms with Crippen LogP contribution in [-0.2, 0) is 17.0 Å². The van der Waals surface area contributed by atoms with E-state index in [0.29, 0.717) is 17.3 Å². The zero-order valence-electron chi connectivity index (χ0n) is 16.5. The molecule has 0 aliphatic carbocycles. The second kappa shape index (κ2) is 10.2. The molecular weight excluding hydrogens is 408 g/mol. The summed E-state index contributed by atoms with van der Waals surface area (Å²) in [5.41, 5.74) is 2.76. The lowest BCUT2D eigenvalue weighted by atomic mass is 10.1. The zero-order chi connectivity index (χ0) is 20.6. The first kappa shape index (κ1) is 21.1. The van der Waals surface area contributed by atoms with E-state index in [9.17, 15) is 4.79 Å². The van der Waals surface area contributed by atoms with Gasteiger partial charge in [0.05, 0.1) is 19.0 Å². The lowest BCUT2D eigenvalue weighted by Gasteiger charge is -2.12. The predicted molar refractivity (Wildman–Crippen MR) is 115 cm³/mol. The number of aryl methyl sites for hydroxylation is 2. The number of thioether (sulfide) groups is 1. The number of nitrogens with zero attached hydrogens (tertiary/aromatic N) is 3. The van der Waals surface area contributed by atoms with Crippen LogP contribution in [0.15, 0.2) is 40.9 Å². The van der Waals surface area contributed by atoms with Gasteiger partial charge in [-0.3, -0.25) is 9.78 Å². The highest BCUT2D eigenvalue weighted by molar-refractivity contribution is 8.00. The van der Waals surface area contributed by atoms with Crippen molar-refractivity contribution in [3.05, 3.63) is 52.8 Å². The Bertz CT molecular complexity index is 961. The Balaban J connectivity index is 1.58. The Labute approximate surface area is 177 Å². The molecule has 2 heterocycles. The predicted octanol–water partition coefficient (Wildman–Crippen LogP) is 4.12. The van der Waals surface area contributed by atoms with Gasteiger partial charge in [-0.15, -0.1) is 10.2 Å². The van der Waals surface area contributed by atoms with E-state index in [4.69, 9.17) is 9.47 Å². The molecule has 1 N–H and O–H groups in total. The van der Waals surface area contributed by atoms with Crippen LogP contribution in [0.2, 0.25) is 0 Å². The van der Waals surface area contributed by atoms with Gasteiger partial charge in [0.1, 0.15) is 5.01 Å². The molecule has 29 heavy (non-hydrogen) atoms. The Morgan fingerprint density at radius 3 is 2.66 bits per heavy atom. The van der Waals surface area contributed by atoms with Gasteiger partial charge in [-0.2, -0.15) is 0 Å². The number of hydrogen-bond donors (Lipinski definition) is 1. The number of benzene rings is 1. The molecule has 3 aromatic rings. The molecule has 0 saturated heterocycles. The van der Waals surface area contributed by atoms with Crippen LogP contribution in [0.1, 0.15) is 23.2 Å². The third-order valence-corrected chi connectivity index (χ3v) is 5.97. The Hall–Kier alpha value is -2.65. The topological polar surface area (TPSA) is 86.2 Å². The summed E-state index contributed by atoms with van der Waals surface area (Å²) in [6, 6.07) is 9.53. The van der Waals surface area contributed by atoms with Gasteiger partial charge in [-0.25, -0.2) is 0 Å². The molecule has 1 aromatic carbocycles. The molecule has 0 spiro atoms. The van der Waals surface area contributed by atoms with Gasteiger partial charge in [0.25, 0.3) is 5.91 Å². The molecule has 0 aliphatic heterocycles. The molecule has 0 bridgehead atoms. The number of nitrogens with one attached hydrogen (secondary N) is 1. The molecular formula is C20H22N4O3S2. The van der Waals surface area contributed by atoms with Crippen LogP contribution in [0.5, 0.6) is 11.5 Å². The van der Waals surface area contributed by atoms with E-state index in [1.165, 1.54) is 12.7 Å². The molecule has 0 atom stereocenters. The standard InChI is InChI=1S/C20H22N4O3S2/c1-4-14-5-7-15(8-6-14)22-19(25)11-27-17-9-16(21-10-18(17)26-3)12-28-20-24-23-13(2)29-20/h5-10H,4,11-12H2,1-3H3,(H,22,25). The number of amides is 1. The number of anilines is 1. The highest BCUT2D eigenvalue weighted by Gasteiger charge is 2.11. The third-order valence-electron chi connectivity index (χ3n) is 3.96. The summed E-state index contributed by atoms with van der Waals surface area (Å²) in [7, 11) is 1.54. The smallest absolute Gasteiger partial charge is 0.262 e. The quantitative estimate of drug-likeness (QED) is 0.511. The molecule has 3 rings (SSSR count). The maximum Gasteiger partial charge on any atom is 0.262 e. The number of aromatic nitrogens is 3. The van der Waals surface area contributed by atoms with Crippen molar-refractivity contribution < 1.29 is 14.3 Å². The number of rotatable bonds is 9. The van der Waals surface area contributed by atoms with E-state index in [1.807, 2.05) is 31.2 Å². The number of hydrogen-bond acceptors (Lipinski definition) is 8. The monoisotopic (exact) mass is 430 g/mol. The van der Waals surface area contributed by atoms with Crippen molar-refractivity contribution >= 4 is 34.7 Å². The molecule has 9 heteroatoms. The number of carbonyl (C=O) groups is 1. The maximum absolute atomic E-state index is 12.2. The van der Waals surface area contributed by atoms with Crippen LogP contribution < -0.4 is 14.8 Å². The summed E-state index contributed by atoms with van der Waals surface area (Å²) in [6.45, 7) is 3.88. The van der Waals surface area contributed by atoms with Crippen LogP contribution in [0.3, 0.4) is 0 Å². The summed E-state index contributed by atoms with van der Waals surface area (Å²) in [4.78, 5) is 16.6. The van der Waals surface area contributed by atoms with Gasteiger partial charge in [0, 0.05) is 17.5 Å². The molecule has 152 valence electrons. The van der Waals surface area contributed by atoms with E-state index in [1.54, 1.807) is 35.4 Å². The lowest BCUT2D eigenvalue weighted by Crippen LogP contribution is -2.20. The van der Waals surface area contributed by atoms with Crippen LogP contribution in [-0.4, -0.2) is 34.8 Å². The summed E-state index contributed by atoms with van der Waals surface area (Å²) in [6.07, 6.45) is 2.55. The highest BCUT2D eigenvalue weighted by Crippen LogP contribution is 2.30. The Morgan fingerprint density at radius 2 is 2.00 bits per heavy atom. The molecule has 1 amide bonds. The van der Waals surface area contributed by atoms with Gasteiger partial charge in [0.2, 0.25) is 0 Å². The molecule has 0 fully saturated rings. The number of methoxy groups -OCH3 is 1. The molecule has 0 saturated carbocycles. The maximum atomic E-state index is 12.2. The van der Waals surface area contributed by atoms with Crippen molar-refractivity contribution in [1.82, 2.24) is 15.2 Å². The van der Waals surface area contributed by atoms with Crippen LogP contribution in [0.4, 0.5) is 5.69 Å². The fraction of sp³-hybridized carbons (Fsp3) is 0.300. The van der Waals surface area contributed by atoms with Crippen molar-refractivity contribution in [2.24, 2.45) is 0 Å². The normalized spacial score (nSPS) is 10.6. The van der Waals surface area contributed by atoms with Crippen LogP contribution in [0, 0.1) is 6.92 Å². The largest absolute Gasteiger partial charge is 0.491 e. The number of carbonyl (C=O) groups excluding carboxylic acids is 1. The molecule has 0 unspecified atom stereocenters. The van der Waals surface area contributed by atoms with Crippen molar-refractivity contribution in [3.8, 4) is 11.5 Å². The van der Waals surface area contributed by atoms with E-state index < -0.39 is 0 Å². The van der Waals surface area contributed by atoms with Crippen LogP contribution >= 0.6 is 23.1 Å². The average Bonchev–Trinajstić information content (AvgIpc) is 3.16. The summed E-state index contributed by atoms with van der Waals surface area (Å²) in [5, 5.41) is 11.8. The first-order valence-corrected chi connectivity index (χ1v) is 10.8. The van der Waals surface area contributed by atoms with Gasteiger partial charge in [0.15, 0.2) is 22.4 Å². The summed E-state index contributed by atoms with van der Waals surface area (Å²) in [5.74, 6) is 1.33. The first-order valence-electron chi connectivity index (χ1n) is 9.04. The van der Waals surface area contributed by atoms with E-state index in [-0.39, 0.29) is 12.5 Å². The minimum absolute atomic E-state index is 0.127. The summed E-state index contributed by atoms with van der Waals surface area (Å²) >= 11 is 3.09. The average molecular weight is 431 g/mol. The number of ether oxygens (including phenoxy) is 2. The van der Waals surface area contributed by atoms with Gasteiger partial charge in [-0.1, -0.05) is 42.2 Å². The summed E-state index contributed by atoms with van der Waals surface area (Å²) < 4.78 is 11.9. The van der Waals surface area contributed by atoms with Crippen molar-refractivity contribution in [1.29, 1.82) is 0 Å². The van der Waals surface area contributed by atoms with Gasteiger partial charge < -0.3 is 14.8 Å². The Kier molecular flexibility index (Phi) is 7.42. The van der Waals surface area contributed by atoms with Gasteiger partial charge >= 0.3 is 0 Å². The minimum Gasteiger partial charge on any atom is -0.491 e. The molecule has 2 aromatic heterocycles. The van der Waals surface area contributed by atoms with E-state index in [0.717, 1.165) is 27.1 Å². The minimum atomic E-state index is -0.242. The van der Waals surface area contributed by atoms with Crippen molar-refractivity contribution in [3.63, 3.8) is 0 Å². The molecule has 0 aliphatic rings. The first-order chi connectivity index (χ1) is 14.1. The van der Waals surface area contributed by atoms with E-state index >= 15 is 0 Å².